The summed E-state index contributed by atoms with van der Waals surface area (Å²) < 4.78 is 28.2. The SMILES string of the molecule is Cn1c(=O)n(Cc2ccccc2C#N)c2c(N3CCC[C@@H](N)C3)cc(C(=O)N3CCN(S(C)(=O)=O)CC3)nc21. The van der Waals surface area contributed by atoms with Gasteiger partial charge in [0, 0.05) is 52.4 Å². The Balaban J connectivity index is 1.60. The summed E-state index contributed by atoms with van der Waals surface area (Å²) >= 11 is 0. The maximum atomic E-state index is 13.6. The summed E-state index contributed by atoms with van der Waals surface area (Å²) in [6, 6.07) is 11.0. The lowest BCUT2D eigenvalue weighted by atomic mass is 10.1. The van der Waals surface area contributed by atoms with Crippen molar-refractivity contribution in [3.63, 3.8) is 0 Å². The van der Waals surface area contributed by atoms with Crippen molar-refractivity contribution in [3.8, 4) is 6.07 Å². The van der Waals surface area contributed by atoms with E-state index in [9.17, 15) is 23.3 Å². The zero-order chi connectivity index (χ0) is 27.9. The molecule has 2 aliphatic heterocycles. The maximum Gasteiger partial charge on any atom is 0.330 e. The van der Waals surface area contributed by atoms with Gasteiger partial charge in [-0.3, -0.25) is 13.9 Å². The fourth-order valence-corrected chi connectivity index (χ4v) is 6.25. The van der Waals surface area contributed by atoms with Gasteiger partial charge >= 0.3 is 5.69 Å². The largest absolute Gasteiger partial charge is 0.368 e. The van der Waals surface area contributed by atoms with E-state index in [0.717, 1.165) is 19.1 Å². The molecule has 1 aromatic carbocycles. The number of nitriles is 1. The van der Waals surface area contributed by atoms with Gasteiger partial charge in [0.05, 0.1) is 30.1 Å². The van der Waals surface area contributed by atoms with Gasteiger partial charge in [-0.1, -0.05) is 18.2 Å². The number of hydrogen-bond acceptors (Lipinski definition) is 8. The first-order chi connectivity index (χ1) is 18.6. The van der Waals surface area contributed by atoms with Gasteiger partial charge in [0.15, 0.2) is 5.65 Å². The standard InChI is InChI=1S/C26H32N8O4S/c1-30-24-23(34(26(30)36)16-19-7-4-3-6-18(19)15-27)22(32-9-5-8-20(28)17-32)14-21(29-24)25(35)31-10-12-33(13-11-31)39(2,37)38/h3-4,6-7,14,20H,5,8-13,16-17,28H2,1-2H3/t20-/m1/s1. The van der Waals surface area contributed by atoms with Gasteiger partial charge in [-0.15, -0.1) is 0 Å². The number of benzene rings is 1. The number of carbonyl (C=O) groups excluding carboxylic acids is 1. The van der Waals surface area contributed by atoms with E-state index in [1.807, 2.05) is 12.1 Å². The Kier molecular flexibility index (Phi) is 7.19. The second-order valence-electron chi connectivity index (χ2n) is 10.2. The molecule has 0 aliphatic carbocycles. The van der Waals surface area contributed by atoms with Crippen LogP contribution in [0.25, 0.3) is 11.2 Å². The van der Waals surface area contributed by atoms with E-state index in [1.165, 1.54) is 8.87 Å². The molecule has 2 aliphatic rings. The third-order valence-corrected chi connectivity index (χ3v) is 8.84. The lowest BCUT2D eigenvalue weighted by Crippen LogP contribution is -2.50. The third-order valence-electron chi connectivity index (χ3n) is 7.54. The van der Waals surface area contributed by atoms with Crippen molar-refractivity contribution < 1.29 is 13.2 Å². The van der Waals surface area contributed by atoms with Gasteiger partial charge in [0.1, 0.15) is 11.2 Å². The Hall–Kier alpha value is -3.73. The highest BCUT2D eigenvalue weighted by molar-refractivity contribution is 7.88. The van der Waals surface area contributed by atoms with Gasteiger partial charge < -0.3 is 15.5 Å². The van der Waals surface area contributed by atoms with Crippen LogP contribution in [-0.2, 0) is 23.6 Å². The van der Waals surface area contributed by atoms with Crippen molar-refractivity contribution >= 4 is 32.8 Å². The van der Waals surface area contributed by atoms with E-state index >= 15 is 0 Å². The summed E-state index contributed by atoms with van der Waals surface area (Å²) in [7, 11) is -1.71. The number of aromatic nitrogens is 3. The molecule has 5 rings (SSSR count). The van der Waals surface area contributed by atoms with E-state index in [4.69, 9.17) is 5.73 Å². The molecule has 0 spiro atoms. The molecule has 0 bridgehead atoms. The lowest BCUT2D eigenvalue weighted by molar-refractivity contribution is 0.0692. The van der Waals surface area contributed by atoms with Crippen LogP contribution < -0.4 is 16.3 Å². The second-order valence-corrected chi connectivity index (χ2v) is 12.2. The number of anilines is 1. The molecule has 0 radical (unpaired) electrons. The zero-order valence-corrected chi connectivity index (χ0v) is 22.9. The van der Waals surface area contributed by atoms with Crippen LogP contribution in [0.5, 0.6) is 0 Å². The maximum absolute atomic E-state index is 13.6. The van der Waals surface area contributed by atoms with Crippen molar-refractivity contribution in [2.45, 2.75) is 25.4 Å². The summed E-state index contributed by atoms with van der Waals surface area (Å²) in [5, 5.41) is 9.60. The summed E-state index contributed by atoms with van der Waals surface area (Å²) in [4.78, 5) is 35.5. The third kappa shape index (κ3) is 5.15. The van der Waals surface area contributed by atoms with E-state index in [2.05, 4.69) is 16.0 Å². The molecule has 3 aromatic rings. The molecule has 13 heteroatoms. The van der Waals surface area contributed by atoms with E-state index in [0.29, 0.717) is 41.1 Å². The van der Waals surface area contributed by atoms with Crippen LogP contribution in [-0.4, -0.2) is 89.2 Å². The van der Waals surface area contributed by atoms with Crippen molar-refractivity contribution in [2.75, 3.05) is 50.4 Å². The zero-order valence-electron chi connectivity index (χ0n) is 22.1. The monoisotopic (exact) mass is 552 g/mol. The molecule has 2 saturated heterocycles. The first kappa shape index (κ1) is 26.9. The normalized spacial score (nSPS) is 18.9. The number of fused-ring (bicyclic) bond motifs is 1. The number of piperidine rings is 1. The Bertz CT molecular complexity index is 1630. The Morgan fingerprint density at radius 1 is 1.18 bits per heavy atom. The van der Waals surface area contributed by atoms with E-state index in [1.54, 1.807) is 34.7 Å². The number of carbonyl (C=O) groups is 1. The Labute approximate surface area is 226 Å². The number of amides is 1. The molecule has 39 heavy (non-hydrogen) atoms. The number of sulfonamides is 1. The van der Waals surface area contributed by atoms with Crippen LogP contribution in [0.1, 0.15) is 34.5 Å². The van der Waals surface area contributed by atoms with Gasteiger partial charge in [-0.2, -0.15) is 9.57 Å². The first-order valence-electron chi connectivity index (χ1n) is 12.9. The minimum Gasteiger partial charge on any atom is -0.368 e. The average molecular weight is 553 g/mol. The van der Waals surface area contributed by atoms with Crippen molar-refractivity contribution in [1.29, 1.82) is 5.26 Å². The van der Waals surface area contributed by atoms with E-state index in [-0.39, 0.29) is 56.1 Å². The number of imidazole rings is 1. The summed E-state index contributed by atoms with van der Waals surface area (Å²) in [5.74, 6) is -0.317. The molecule has 0 unspecified atom stereocenters. The van der Waals surface area contributed by atoms with Crippen LogP contribution in [0, 0.1) is 11.3 Å². The van der Waals surface area contributed by atoms with Crippen molar-refractivity contribution in [1.82, 2.24) is 23.3 Å². The number of piperazine rings is 1. The molecule has 2 aromatic heterocycles. The summed E-state index contributed by atoms with van der Waals surface area (Å²) in [6.07, 6.45) is 2.92. The fraction of sp³-hybridized carbons (Fsp3) is 0.462. The van der Waals surface area contributed by atoms with E-state index < -0.39 is 10.0 Å². The molecule has 4 heterocycles. The highest BCUT2D eigenvalue weighted by Crippen LogP contribution is 2.30. The van der Waals surface area contributed by atoms with Crippen LogP contribution in [0.15, 0.2) is 35.1 Å². The summed E-state index contributed by atoms with van der Waals surface area (Å²) in [6.45, 7) is 2.39. The molecule has 12 nitrogen and oxygen atoms in total. The van der Waals surface area contributed by atoms with Crippen molar-refractivity contribution in [2.24, 2.45) is 12.8 Å². The van der Waals surface area contributed by atoms with Crippen molar-refractivity contribution in [3.05, 3.63) is 57.6 Å². The first-order valence-corrected chi connectivity index (χ1v) is 14.8. The number of nitrogens with zero attached hydrogens (tertiary/aromatic N) is 7. The summed E-state index contributed by atoms with van der Waals surface area (Å²) in [5.41, 5.74) is 9.03. The highest BCUT2D eigenvalue weighted by atomic mass is 32.2. The molecule has 2 fully saturated rings. The molecule has 1 atom stereocenters. The molecule has 0 saturated carbocycles. The Morgan fingerprint density at radius 3 is 2.56 bits per heavy atom. The molecule has 206 valence electrons. The van der Waals surface area contributed by atoms with Gasteiger partial charge in [-0.25, -0.2) is 18.2 Å². The van der Waals surface area contributed by atoms with Crippen LogP contribution in [0.2, 0.25) is 0 Å². The lowest BCUT2D eigenvalue weighted by Gasteiger charge is -2.34. The number of aryl methyl sites for hydroxylation is 1. The molecule has 2 N–H and O–H groups in total. The number of rotatable bonds is 5. The average Bonchev–Trinajstić information content (AvgIpc) is 3.16. The number of nitrogens with two attached hydrogens (primary N) is 1. The fourth-order valence-electron chi connectivity index (χ4n) is 5.42. The van der Waals surface area contributed by atoms with Crippen LogP contribution >= 0.6 is 0 Å². The van der Waals surface area contributed by atoms with Gasteiger partial charge in [-0.05, 0) is 30.5 Å². The molecule has 1 amide bonds. The van der Waals surface area contributed by atoms with Crippen LogP contribution in [0.4, 0.5) is 5.69 Å². The van der Waals surface area contributed by atoms with Crippen LogP contribution in [0.3, 0.4) is 0 Å². The number of hydrogen-bond donors (Lipinski definition) is 1. The Morgan fingerprint density at radius 2 is 1.90 bits per heavy atom. The number of pyridine rings is 1. The topological polar surface area (TPSA) is 151 Å². The predicted molar refractivity (Wildman–Crippen MR) is 147 cm³/mol. The van der Waals surface area contributed by atoms with Gasteiger partial charge in [0.25, 0.3) is 5.91 Å². The van der Waals surface area contributed by atoms with Gasteiger partial charge in [0.2, 0.25) is 10.0 Å². The highest BCUT2D eigenvalue weighted by Gasteiger charge is 2.30. The molecular formula is C26H32N8O4S. The smallest absolute Gasteiger partial charge is 0.330 e. The molecular weight excluding hydrogens is 520 g/mol. The second kappa shape index (κ2) is 10.4. The minimum absolute atomic E-state index is 0.0478. The quantitative estimate of drug-likeness (QED) is 0.475. The predicted octanol–water partition coefficient (Wildman–Crippen LogP) is 0.300. The minimum atomic E-state index is -3.33.